The van der Waals surface area contributed by atoms with Crippen LogP contribution in [-0.2, 0) is 17.8 Å². The second kappa shape index (κ2) is 8.19. The maximum atomic E-state index is 11.0. The standard InChI is InChI=1S/C20H20ClNO3/c21-20-17(16-8-4-5-9-18(16)25-20)13-22-15(10-11-19(23)24)12-14-6-2-1-3-7-14/h1-9,15,22H,10-13H2,(H,23,24). The molecule has 0 spiro atoms. The van der Waals surface area contributed by atoms with E-state index < -0.39 is 5.97 Å². The molecular weight excluding hydrogens is 338 g/mol. The predicted octanol–water partition coefficient (Wildman–Crippen LogP) is 4.65. The number of benzene rings is 2. The highest BCUT2D eigenvalue weighted by atomic mass is 35.5. The summed E-state index contributed by atoms with van der Waals surface area (Å²) in [5, 5.41) is 13.8. The Balaban J connectivity index is 1.72. The van der Waals surface area contributed by atoms with Crippen LogP contribution < -0.4 is 5.32 Å². The van der Waals surface area contributed by atoms with Gasteiger partial charge in [0.1, 0.15) is 5.58 Å². The number of rotatable bonds is 8. The third kappa shape index (κ3) is 4.62. The van der Waals surface area contributed by atoms with Gasteiger partial charge in [-0.25, -0.2) is 0 Å². The molecule has 2 aromatic carbocycles. The molecule has 130 valence electrons. The Morgan fingerprint density at radius 1 is 1.12 bits per heavy atom. The molecular formula is C20H20ClNO3. The van der Waals surface area contributed by atoms with Gasteiger partial charge < -0.3 is 14.8 Å². The van der Waals surface area contributed by atoms with Crippen molar-refractivity contribution in [3.8, 4) is 0 Å². The number of fused-ring (bicyclic) bond motifs is 1. The van der Waals surface area contributed by atoms with Crippen molar-refractivity contribution in [3.63, 3.8) is 0 Å². The fourth-order valence-electron chi connectivity index (χ4n) is 2.95. The fraction of sp³-hybridized carbons (Fsp3) is 0.250. The monoisotopic (exact) mass is 357 g/mol. The van der Waals surface area contributed by atoms with Gasteiger partial charge in [-0.3, -0.25) is 4.79 Å². The molecule has 5 heteroatoms. The topological polar surface area (TPSA) is 62.5 Å². The maximum Gasteiger partial charge on any atom is 0.303 e. The molecule has 3 rings (SSSR count). The van der Waals surface area contributed by atoms with Crippen LogP contribution in [0.3, 0.4) is 0 Å². The Morgan fingerprint density at radius 2 is 1.84 bits per heavy atom. The Morgan fingerprint density at radius 3 is 2.60 bits per heavy atom. The first-order valence-electron chi connectivity index (χ1n) is 8.28. The van der Waals surface area contributed by atoms with Crippen molar-refractivity contribution in [1.82, 2.24) is 5.32 Å². The van der Waals surface area contributed by atoms with Gasteiger partial charge in [-0.1, -0.05) is 48.5 Å². The van der Waals surface area contributed by atoms with E-state index in [4.69, 9.17) is 21.1 Å². The van der Waals surface area contributed by atoms with Crippen LogP contribution in [0.15, 0.2) is 59.0 Å². The third-order valence-electron chi connectivity index (χ3n) is 4.25. The maximum absolute atomic E-state index is 11.0. The number of carboxylic acids is 1. The van der Waals surface area contributed by atoms with E-state index in [1.54, 1.807) is 0 Å². The molecule has 0 amide bonds. The summed E-state index contributed by atoms with van der Waals surface area (Å²) < 4.78 is 5.58. The average molecular weight is 358 g/mol. The lowest BCUT2D eigenvalue weighted by atomic mass is 10.0. The van der Waals surface area contributed by atoms with Gasteiger partial charge >= 0.3 is 5.97 Å². The first-order chi connectivity index (χ1) is 12.1. The normalized spacial score (nSPS) is 12.4. The van der Waals surface area contributed by atoms with Gasteiger partial charge in [0.05, 0.1) is 0 Å². The van der Waals surface area contributed by atoms with Crippen molar-refractivity contribution in [3.05, 3.63) is 70.9 Å². The number of furan rings is 1. The molecule has 1 unspecified atom stereocenters. The molecule has 2 N–H and O–H groups in total. The second-order valence-corrected chi connectivity index (χ2v) is 6.39. The first kappa shape index (κ1) is 17.5. The summed E-state index contributed by atoms with van der Waals surface area (Å²) in [7, 11) is 0. The molecule has 0 saturated heterocycles. The Labute approximate surface area is 151 Å². The number of para-hydroxylation sites is 1. The van der Waals surface area contributed by atoms with Crippen LogP contribution >= 0.6 is 11.6 Å². The molecule has 0 aliphatic carbocycles. The lowest BCUT2D eigenvalue weighted by molar-refractivity contribution is -0.137. The fourth-order valence-corrected chi connectivity index (χ4v) is 3.20. The molecule has 0 fully saturated rings. The van der Waals surface area contributed by atoms with E-state index >= 15 is 0 Å². The molecule has 1 aromatic heterocycles. The van der Waals surface area contributed by atoms with Gasteiger partial charge in [-0.2, -0.15) is 0 Å². The lowest BCUT2D eigenvalue weighted by Gasteiger charge is -2.18. The smallest absolute Gasteiger partial charge is 0.303 e. The summed E-state index contributed by atoms with van der Waals surface area (Å²) in [6.07, 6.45) is 1.45. The second-order valence-electron chi connectivity index (χ2n) is 6.05. The molecule has 4 nitrogen and oxygen atoms in total. The van der Waals surface area contributed by atoms with Gasteiger partial charge in [-0.05, 0) is 36.1 Å². The minimum Gasteiger partial charge on any atom is -0.481 e. The molecule has 3 aromatic rings. The summed E-state index contributed by atoms with van der Waals surface area (Å²) >= 11 is 6.24. The van der Waals surface area contributed by atoms with Gasteiger partial charge in [0, 0.05) is 30.0 Å². The molecule has 0 aliphatic heterocycles. The number of halogens is 1. The molecule has 0 aliphatic rings. The zero-order valence-electron chi connectivity index (χ0n) is 13.7. The van der Waals surface area contributed by atoms with Crippen molar-refractivity contribution < 1.29 is 14.3 Å². The number of carboxylic acid groups (broad SMARTS) is 1. The minimum absolute atomic E-state index is 0.0447. The van der Waals surface area contributed by atoms with Crippen molar-refractivity contribution >= 4 is 28.5 Å². The Hall–Kier alpha value is -2.30. The van der Waals surface area contributed by atoms with Gasteiger partial charge in [0.15, 0.2) is 5.22 Å². The van der Waals surface area contributed by atoms with Crippen molar-refractivity contribution in [1.29, 1.82) is 0 Å². The minimum atomic E-state index is -0.786. The molecule has 1 atom stereocenters. The summed E-state index contributed by atoms with van der Waals surface area (Å²) in [6, 6.07) is 17.8. The van der Waals surface area contributed by atoms with Crippen LogP contribution in [0, 0.1) is 0 Å². The third-order valence-corrected chi connectivity index (χ3v) is 4.55. The van der Waals surface area contributed by atoms with E-state index in [0.29, 0.717) is 18.2 Å². The number of carbonyl (C=O) groups is 1. The van der Waals surface area contributed by atoms with Crippen molar-refractivity contribution in [2.45, 2.75) is 31.8 Å². The number of aliphatic carboxylic acids is 1. The number of nitrogens with one attached hydrogen (secondary N) is 1. The molecule has 0 radical (unpaired) electrons. The number of hydrogen-bond acceptors (Lipinski definition) is 3. The molecule has 0 saturated carbocycles. The van der Waals surface area contributed by atoms with E-state index in [1.165, 1.54) is 5.56 Å². The molecule has 0 bridgehead atoms. The van der Waals surface area contributed by atoms with Crippen LogP contribution in [-0.4, -0.2) is 17.1 Å². The predicted molar refractivity (Wildman–Crippen MR) is 98.9 cm³/mol. The highest BCUT2D eigenvalue weighted by molar-refractivity contribution is 6.30. The first-order valence-corrected chi connectivity index (χ1v) is 8.66. The van der Waals surface area contributed by atoms with Crippen molar-refractivity contribution in [2.75, 3.05) is 0 Å². The number of hydrogen-bond donors (Lipinski definition) is 2. The van der Waals surface area contributed by atoms with Crippen LogP contribution in [0.1, 0.15) is 24.0 Å². The quantitative estimate of drug-likeness (QED) is 0.616. The van der Waals surface area contributed by atoms with E-state index in [9.17, 15) is 4.79 Å². The summed E-state index contributed by atoms with van der Waals surface area (Å²) in [6.45, 7) is 0.535. The van der Waals surface area contributed by atoms with Crippen LogP contribution in [0.5, 0.6) is 0 Å². The van der Waals surface area contributed by atoms with Crippen LogP contribution in [0.4, 0.5) is 0 Å². The van der Waals surface area contributed by atoms with Gasteiger partial charge in [0.2, 0.25) is 0 Å². The van der Waals surface area contributed by atoms with E-state index in [-0.39, 0.29) is 12.5 Å². The lowest BCUT2D eigenvalue weighted by Crippen LogP contribution is -2.31. The van der Waals surface area contributed by atoms with Crippen LogP contribution in [0.25, 0.3) is 11.0 Å². The summed E-state index contributed by atoms with van der Waals surface area (Å²) in [5.74, 6) is -0.786. The zero-order chi connectivity index (χ0) is 17.6. The van der Waals surface area contributed by atoms with Crippen molar-refractivity contribution in [2.24, 2.45) is 0 Å². The van der Waals surface area contributed by atoms with E-state index in [1.807, 2.05) is 42.5 Å². The van der Waals surface area contributed by atoms with E-state index in [0.717, 1.165) is 23.0 Å². The van der Waals surface area contributed by atoms with E-state index in [2.05, 4.69) is 17.4 Å². The van der Waals surface area contributed by atoms with Gasteiger partial charge in [0.25, 0.3) is 0 Å². The highest BCUT2D eigenvalue weighted by Crippen LogP contribution is 2.29. The Bertz CT molecular complexity index is 845. The largest absolute Gasteiger partial charge is 0.481 e. The summed E-state index contributed by atoms with van der Waals surface area (Å²) in [5.41, 5.74) is 2.84. The summed E-state index contributed by atoms with van der Waals surface area (Å²) in [4.78, 5) is 11.0. The average Bonchev–Trinajstić information content (AvgIpc) is 2.93. The highest BCUT2D eigenvalue weighted by Gasteiger charge is 2.16. The van der Waals surface area contributed by atoms with Crippen LogP contribution in [0.2, 0.25) is 5.22 Å². The molecule has 25 heavy (non-hydrogen) atoms. The SMILES string of the molecule is O=C(O)CCC(Cc1ccccc1)NCc1c(Cl)oc2ccccc12. The zero-order valence-corrected chi connectivity index (χ0v) is 14.5. The molecule has 1 heterocycles. The van der Waals surface area contributed by atoms with Gasteiger partial charge in [-0.15, -0.1) is 0 Å². The Kier molecular flexibility index (Phi) is 5.74.